The van der Waals surface area contributed by atoms with E-state index in [0.717, 1.165) is 19.5 Å². The maximum absolute atomic E-state index is 10.9. The van der Waals surface area contributed by atoms with Crippen LogP contribution in [0.4, 0.5) is 0 Å². The van der Waals surface area contributed by atoms with Gasteiger partial charge in [0.25, 0.3) is 0 Å². The highest BCUT2D eigenvalue weighted by Gasteiger charge is 2.34. The van der Waals surface area contributed by atoms with Crippen LogP contribution in [0.3, 0.4) is 0 Å². The van der Waals surface area contributed by atoms with Gasteiger partial charge in [0.15, 0.2) is 0 Å². The second-order valence-electron chi connectivity index (χ2n) is 4.06. The molecular weight excluding hydrogens is 210 g/mol. The maximum Gasteiger partial charge on any atom is 0.308 e. The van der Waals surface area contributed by atoms with Crippen molar-refractivity contribution in [2.45, 2.75) is 32.7 Å². The van der Waals surface area contributed by atoms with E-state index in [9.17, 15) is 4.79 Å². The lowest BCUT2D eigenvalue weighted by molar-refractivity contribution is -0.142. The van der Waals surface area contributed by atoms with Crippen molar-refractivity contribution in [1.29, 1.82) is 0 Å². The molecule has 1 rings (SSSR count). The van der Waals surface area contributed by atoms with Crippen LogP contribution in [0, 0.1) is 5.92 Å². The Morgan fingerprint density at radius 2 is 2.33 bits per heavy atom. The Morgan fingerprint density at radius 3 is 2.87 bits per heavy atom. The fourth-order valence-corrected chi connectivity index (χ4v) is 2.79. The summed E-state index contributed by atoms with van der Waals surface area (Å²) in [6, 6.07) is 0.217. The van der Waals surface area contributed by atoms with Crippen molar-refractivity contribution in [2.24, 2.45) is 5.92 Å². The standard InChI is InChI=1S/C11H21NO2S/c1-3-15-8-4-6-12-7-5-10(9(12)2)11(13)14/h9-10H,3-8H2,1-2H3,(H,13,14). The minimum atomic E-state index is -0.632. The Hall–Kier alpha value is -0.220. The first-order valence-corrected chi connectivity index (χ1v) is 6.87. The van der Waals surface area contributed by atoms with Crippen LogP contribution in [0.15, 0.2) is 0 Å². The van der Waals surface area contributed by atoms with Gasteiger partial charge in [-0.3, -0.25) is 9.69 Å². The number of likely N-dealkylation sites (tertiary alicyclic amines) is 1. The number of nitrogens with zero attached hydrogens (tertiary/aromatic N) is 1. The van der Waals surface area contributed by atoms with Gasteiger partial charge < -0.3 is 5.11 Å². The summed E-state index contributed by atoms with van der Waals surface area (Å²) in [5, 5.41) is 8.98. The Kier molecular flexibility index (Phi) is 5.47. The zero-order valence-electron chi connectivity index (χ0n) is 9.61. The molecule has 0 aromatic rings. The van der Waals surface area contributed by atoms with Gasteiger partial charge in [-0.05, 0) is 44.4 Å². The molecule has 0 saturated carbocycles. The minimum Gasteiger partial charge on any atom is -0.481 e. The molecule has 0 bridgehead atoms. The molecule has 0 radical (unpaired) electrons. The molecule has 3 nitrogen and oxygen atoms in total. The number of hydrogen-bond acceptors (Lipinski definition) is 3. The van der Waals surface area contributed by atoms with E-state index in [4.69, 9.17) is 5.11 Å². The van der Waals surface area contributed by atoms with Crippen LogP contribution in [-0.2, 0) is 4.79 Å². The van der Waals surface area contributed by atoms with Gasteiger partial charge in [-0.15, -0.1) is 0 Å². The number of rotatable bonds is 6. The van der Waals surface area contributed by atoms with E-state index in [2.05, 4.69) is 11.8 Å². The smallest absolute Gasteiger partial charge is 0.308 e. The number of hydrogen-bond donors (Lipinski definition) is 1. The average Bonchev–Trinajstić information content (AvgIpc) is 2.55. The molecule has 2 unspecified atom stereocenters. The summed E-state index contributed by atoms with van der Waals surface area (Å²) < 4.78 is 0. The molecule has 88 valence electrons. The van der Waals surface area contributed by atoms with Crippen LogP contribution in [0.25, 0.3) is 0 Å². The molecular formula is C11H21NO2S. The van der Waals surface area contributed by atoms with Gasteiger partial charge in [-0.1, -0.05) is 6.92 Å². The number of carboxylic acids is 1. The zero-order valence-corrected chi connectivity index (χ0v) is 10.4. The Bertz CT molecular complexity index is 211. The summed E-state index contributed by atoms with van der Waals surface area (Å²) in [4.78, 5) is 13.2. The molecule has 0 spiro atoms. The lowest BCUT2D eigenvalue weighted by Crippen LogP contribution is -2.33. The van der Waals surface area contributed by atoms with Gasteiger partial charge in [0.2, 0.25) is 0 Å². The van der Waals surface area contributed by atoms with Gasteiger partial charge in [-0.25, -0.2) is 0 Å². The van der Waals surface area contributed by atoms with E-state index >= 15 is 0 Å². The van der Waals surface area contributed by atoms with Crippen molar-refractivity contribution in [3.8, 4) is 0 Å². The van der Waals surface area contributed by atoms with Crippen LogP contribution in [0.1, 0.15) is 26.7 Å². The van der Waals surface area contributed by atoms with Crippen molar-refractivity contribution in [1.82, 2.24) is 4.90 Å². The Labute approximate surface area is 96.2 Å². The summed E-state index contributed by atoms with van der Waals surface area (Å²) in [5.41, 5.74) is 0. The Balaban J connectivity index is 2.24. The third-order valence-electron chi connectivity index (χ3n) is 3.14. The quantitative estimate of drug-likeness (QED) is 0.709. The van der Waals surface area contributed by atoms with Crippen molar-refractivity contribution in [3.63, 3.8) is 0 Å². The molecule has 1 aliphatic heterocycles. The van der Waals surface area contributed by atoms with Gasteiger partial charge in [-0.2, -0.15) is 11.8 Å². The second-order valence-corrected chi connectivity index (χ2v) is 5.45. The van der Waals surface area contributed by atoms with Crippen LogP contribution >= 0.6 is 11.8 Å². The van der Waals surface area contributed by atoms with Crippen molar-refractivity contribution in [2.75, 3.05) is 24.6 Å². The van der Waals surface area contributed by atoms with E-state index in [-0.39, 0.29) is 12.0 Å². The lowest BCUT2D eigenvalue weighted by Gasteiger charge is -2.22. The predicted octanol–water partition coefficient (Wildman–Crippen LogP) is 1.92. The van der Waals surface area contributed by atoms with Crippen LogP contribution < -0.4 is 0 Å². The SMILES string of the molecule is CCSCCCN1CCC(C(=O)O)C1C. The number of carbonyl (C=O) groups is 1. The number of aliphatic carboxylic acids is 1. The number of thioether (sulfide) groups is 1. The first-order valence-electron chi connectivity index (χ1n) is 5.71. The van der Waals surface area contributed by atoms with Crippen molar-refractivity contribution >= 4 is 17.7 Å². The third-order valence-corrected chi connectivity index (χ3v) is 4.13. The highest BCUT2D eigenvalue weighted by molar-refractivity contribution is 7.99. The van der Waals surface area contributed by atoms with Crippen molar-refractivity contribution in [3.05, 3.63) is 0 Å². The highest BCUT2D eigenvalue weighted by atomic mass is 32.2. The molecule has 4 heteroatoms. The molecule has 0 aliphatic carbocycles. The highest BCUT2D eigenvalue weighted by Crippen LogP contribution is 2.24. The van der Waals surface area contributed by atoms with E-state index in [1.807, 2.05) is 18.7 Å². The lowest BCUT2D eigenvalue weighted by atomic mass is 10.0. The van der Waals surface area contributed by atoms with Crippen LogP contribution in [0.2, 0.25) is 0 Å². The molecule has 1 fully saturated rings. The first kappa shape index (κ1) is 12.8. The van der Waals surface area contributed by atoms with Gasteiger partial charge in [0.05, 0.1) is 5.92 Å². The largest absolute Gasteiger partial charge is 0.481 e. The third kappa shape index (κ3) is 3.68. The maximum atomic E-state index is 10.9. The van der Waals surface area contributed by atoms with E-state index < -0.39 is 5.97 Å². The molecule has 15 heavy (non-hydrogen) atoms. The molecule has 0 aromatic heterocycles. The van der Waals surface area contributed by atoms with Gasteiger partial charge in [0.1, 0.15) is 0 Å². The molecule has 1 saturated heterocycles. The summed E-state index contributed by atoms with van der Waals surface area (Å²) in [6.45, 7) is 6.22. The first-order chi connectivity index (χ1) is 7.16. The normalized spacial score (nSPS) is 27.1. The van der Waals surface area contributed by atoms with Gasteiger partial charge >= 0.3 is 5.97 Å². The van der Waals surface area contributed by atoms with Gasteiger partial charge in [0, 0.05) is 6.04 Å². The fourth-order valence-electron chi connectivity index (χ4n) is 2.16. The summed E-state index contributed by atoms with van der Waals surface area (Å²) in [7, 11) is 0. The molecule has 1 heterocycles. The molecule has 0 aromatic carbocycles. The average molecular weight is 231 g/mol. The molecule has 2 atom stereocenters. The van der Waals surface area contributed by atoms with Crippen LogP contribution in [0.5, 0.6) is 0 Å². The monoisotopic (exact) mass is 231 g/mol. The second kappa shape index (κ2) is 6.38. The van der Waals surface area contributed by atoms with Crippen molar-refractivity contribution < 1.29 is 9.90 Å². The van der Waals surface area contributed by atoms with Crippen LogP contribution in [-0.4, -0.2) is 46.6 Å². The molecule has 1 N–H and O–H groups in total. The minimum absolute atomic E-state index is 0.149. The van der Waals surface area contributed by atoms with E-state index in [1.165, 1.54) is 17.9 Å². The molecule has 0 amide bonds. The topological polar surface area (TPSA) is 40.5 Å². The van der Waals surface area contributed by atoms with E-state index in [1.54, 1.807) is 0 Å². The summed E-state index contributed by atoms with van der Waals surface area (Å²) >= 11 is 1.96. The Morgan fingerprint density at radius 1 is 1.60 bits per heavy atom. The van der Waals surface area contributed by atoms with E-state index in [0.29, 0.717) is 0 Å². The summed E-state index contributed by atoms with van der Waals surface area (Å²) in [5.74, 6) is 1.59. The number of carboxylic acid groups (broad SMARTS) is 1. The molecule has 1 aliphatic rings. The fraction of sp³-hybridized carbons (Fsp3) is 0.909. The summed E-state index contributed by atoms with van der Waals surface area (Å²) in [6.07, 6.45) is 1.99. The predicted molar refractivity (Wildman–Crippen MR) is 64.4 cm³/mol. The zero-order chi connectivity index (χ0) is 11.3.